The predicted octanol–water partition coefficient (Wildman–Crippen LogP) is 3.42. The first-order valence-electron chi connectivity index (χ1n) is 6.37. The fourth-order valence-electron chi connectivity index (χ4n) is 1.82. The van der Waals surface area contributed by atoms with Crippen LogP contribution in [0.3, 0.4) is 0 Å². The third-order valence-corrected chi connectivity index (χ3v) is 3.00. The van der Waals surface area contributed by atoms with Crippen LogP contribution in [-0.4, -0.2) is 12.0 Å². The number of hydrogen-bond donors (Lipinski definition) is 1. The highest BCUT2D eigenvalue weighted by Crippen LogP contribution is 2.34. The molecule has 0 fully saturated rings. The van der Waals surface area contributed by atoms with Gasteiger partial charge in [0.25, 0.3) is 0 Å². The molecule has 2 N–H and O–H groups in total. The van der Waals surface area contributed by atoms with Crippen molar-refractivity contribution in [3.8, 4) is 17.2 Å². The molecule has 2 aromatic rings. The van der Waals surface area contributed by atoms with Crippen molar-refractivity contribution in [2.45, 2.75) is 13.0 Å². The molecule has 0 aromatic heterocycles. The van der Waals surface area contributed by atoms with E-state index in [2.05, 4.69) is 0 Å². The number of rotatable bonds is 5. The average molecular weight is 288 g/mol. The molecule has 110 valence electrons. The summed E-state index contributed by atoms with van der Waals surface area (Å²) in [7, 11) is 1.45. The number of nitro benzene ring substituents is 1. The van der Waals surface area contributed by atoms with E-state index in [0.29, 0.717) is 11.5 Å². The van der Waals surface area contributed by atoms with Gasteiger partial charge in [0.2, 0.25) is 5.75 Å². The van der Waals surface area contributed by atoms with Crippen molar-refractivity contribution < 1.29 is 14.4 Å². The first-order chi connectivity index (χ1) is 10.0. The van der Waals surface area contributed by atoms with Gasteiger partial charge in [-0.1, -0.05) is 12.1 Å². The highest BCUT2D eigenvalue weighted by molar-refractivity contribution is 5.52. The van der Waals surface area contributed by atoms with Gasteiger partial charge in [-0.2, -0.15) is 0 Å². The lowest BCUT2D eigenvalue weighted by Crippen LogP contribution is -2.04. The van der Waals surface area contributed by atoms with Crippen LogP contribution in [0.1, 0.15) is 18.5 Å². The molecule has 0 aliphatic heterocycles. The van der Waals surface area contributed by atoms with Crippen molar-refractivity contribution in [1.82, 2.24) is 0 Å². The molecule has 0 spiro atoms. The lowest BCUT2D eigenvalue weighted by Gasteiger charge is -2.09. The lowest BCUT2D eigenvalue weighted by atomic mass is 10.1. The van der Waals surface area contributed by atoms with E-state index in [4.69, 9.17) is 15.2 Å². The van der Waals surface area contributed by atoms with Crippen molar-refractivity contribution >= 4 is 5.69 Å². The second-order valence-electron chi connectivity index (χ2n) is 4.55. The zero-order chi connectivity index (χ0) is 15.4. The normalized spacial score (nSPS) is 11.8. The van der Waals surface area contributed by atoms with Gasteiger partial charge in [0.1, 0.15) is 11.5 Å². The van der Waals surface area contributed by atoms with Crippen LogP contribution < -0.4 is 15.2 Å². The van der Waals surface area contributed by atoms with E-state index in [1.54, 1.807) is 18.2 Å². The summed E-state index contributed by atoms with van der Waals surface area (Å²) in [5.74, 6) is 1.07. The predicted molar refractivity (Wildman–Crippen MR) is 78.8 cm³/mol. The van der Waals surface area contributed by atoms with E-state index in [1.165, 1.54) is 19.2 Å². The topological polar surface area (TPSA) is 87.6 Å². The maximum Gasteiger partial charge on any atom is 0.315 e. The Bertz CT molecular complexity index is 639. The molecule has 0 aliphatic carbocycles. The largest absolute Gasteiger partial charge is 0.496 e. The molecule has 2 rings (SSSR count). The number of ether oxygens (including phenoxy) is 2. The molecule has 0 amide bonds. The van der Waals surface area contributed by atoms with Crippen LogP contribution in [0.15, 0.2) is 42.5 Å². The Hall–Kier alpha value is -2.60. The minimum Gasteiger partial charge on any atom is -0.496 e. The van der Waals surface area contributed by atoms with Crippen LogP contribution in [0.4, 0.5) is 5.69 Å². The Kier molecular flexibility index (Phi) is 4.39. The van der Waals surface area contributed by atoms with Crippen molar-refractivity contribution in [3.05, 3.63) is 58.1 Å². The zero-order valence-electron chi connectivity index (χ0n) is 11.8. The minimum atomic E-state index is -0.506. The molecule has 0 aliphatic rings. The second-order valence-corrected chi connectivity index (χ2v) is 4.55. The monoisotopic (exact) mass is 288 g/mol. The Morgan fingerprint density at radius 2 is 1.76 bits per heavy atom. The van der Waals surface area contributed by atoms with E-state index in [-0.39, 0.29) is 17.5 Å². The van der Waals surface area contributed by atoms with Gasteiger partial charge in [0.05, 0.1) is 18.1 Å². The molecule has 0 unspecified atom stereocenters. The molecular formula is C15H16N2O4. The van der Waals surface area contributed by atoms with Gasteiger partial charge in [0, 0.05) is 6.04 Å². The van der Waals surface area contributed by atoms with Crippen molar-refractivity contribution in [3.63, 3.8) is 0 Å². The summed E-state index contributed by atoms with van der Waals surface area (Å²) in [6, 6.07) is 11.5. The fourth-order valence-corrected chi connectivity index (χ4v) is 1.82. The first-order valence-corrected chi connectivity index (χ1v) is 6.37. The highest BCUT2D eigenvalue weighted by Gasteiger charge is 2.17. The number of benzene rings is 2. The van der Waals surface area contributed by atoms with Crippen LogP contribution in [0.2, 0.25) is 0 Å². The molecule has 6 nitrogen and oxygen atoms in total. The van der Waals surface area contributed by atoms with Gasteiger partial charge in [-0.3, -0.25) is 10.1 Å². The fraction of sp³-hybridized carbons (Fsp3) is 0.200. The Morgan fingerprint density at radius 1 is 1.14 bits per heavy atom. The maximum atomic E-state index is 11.1. The molecule has 0 heterocycles. The van der Waals surface area contributed by atoms with Gasteiger partial charge in [-0.15, -0.1) is 0 Å². The number of nitro groups is 1. The van der Waals surface area contributed by atoms with Gasteiger partial charge in [0.15, 0.2) is 0 Å². The zero-order valence-corrected chi connectivity index (χ0v) is 11.8. The van der Waals surface area contributed by atoms with E-state index < -0.39 is 4.92 Å². The van der Waals surface area contributed by atoms with E-state index in [9.17, 15) is 10.1 Å². The Morgan fingerprint density at radius 3 is 2.29 bits per heavy atom. The van der Waals surface area contributed by atoms with Crippen LogP contribution in [0.5, 0.6) is 17.2 Å². The SMILES string of the molecule is COc1ccc(Oc2ccc([C@H](C)N)cc2)c([N+](=O)[O-])c1. The third-order valence-electron chi connectivity index (χ3n) is 3.00. The molecule has 0 saturated heterocycles. The smallest absolute Gasteiger partial charge is 0.315 e. The summed E-state index contributed by atoms with van der Waals surface area (Å²) in [5.41, 5.74) is 6.58. The van der Waals surface area contributed by atoms with E-state index >= 15 is 0 Å². The lowest BCUT2D eigenvalue weighted by molar-refractivity contribution is -0.385. The van der Waals surface area contributed by atoms with Gasteiger partial charge in [-0.25, -0.2) is 0 Å². The van der Waals surface area contributed by atoms with Crippen LogP contribution in [0.25, 0.3) is 0 Å². The first kappa shape index (κ1) is 14.8. The van der Waals surface area contributed by atoms with Gasteiger partial charge < -0.3 is 15.2 Å². The third kappa shape index (κ3) is 3.49. The van der Waals surface area contributed by atoms with Crippen LogP contribution >= 0.6 is 0 Å². The molecule has 21 heavy (non-hydrogen) atoms. The number of methoxy groups -OCH3 is 1. The Balaban J connectivity index is 2.28. The molecule has 0 radical (unpaired) electrons. The van der Waals surface area contributed by atoms with Crippen molar-refractivity contribution in [1.29, 1.82) is 0 Å². The summed E-state index contributed by atoms with van der Waals surface area (Å²) in [6.45, 7) is 1.88. The quantitative estimate of drug-likeness (QED) is 0.672. The molecule has 1 atom stereocenters. The molecular weight excluding hydrogens is 272 g/mol. The average Bonchev–Trinajstić information content (AvgIpc) is 2.48. The molecule has 0 bridgehead atoms. The van der Waals surface area contributed by atoms with E-state index in [1.807, 2.05) is 19.1 Å². The number of hydrogen-bond acceptors (Lipinski definition) is 5. The Labute approximate surface area is 122 Å². The van der Waals surface area contributed by atoms with Crippen molar-refractivity contribution in [2.75, 3.05) is 7.11 Å². The van der Waals surface area contributed by atoms with Crippen LogP contribution in [0, 0.1) is 10.1 Å². The highest BCUT2D eigenvalue weighted by atomic mass is 16.6. The number of nitrogens with zero attached hydrogens (tertiary/aromatic N) is 1. The molecule has 2 aromatic carbocycles. The minimum absolute atomic E-state index is 0.0747. The summed E-state index contributed by atoms with van der Waals surface area (Å²) in [5, 5.41) is 11.1. The van der Waals surface area contributed by atoms with Gasteiger partial charge in [-0.05, 0) is 36.8 Å². The van der Waals surface area contributed by atoms with Gasteiger partial charge >= 0.3 is 5.69 Å². The van der Waals surface area contributed by atoms with Crippen molar-refractivity contribution in [2.24, 2.45) is 5.73 Å². The standard InChI is InChI=1S/C15H16N2O4/c1-10(16)11-3-5-12(6-4-11)21-15-8-7-13(20-2)9-14(15)17(18)19/h3-10H,16H2,1-2H3/t10-/m0/s1. The summed E-state index contributed by atoms with van der Waals surface area (Å²) < 4.78 is 10.5. The molecule has 0 saturated carbocycles. The number of nitrogens with two attached hydrogens (primary N) is 1. The second kappa shape index (κ2) is 6.23. The van der Waals surface area contributed by atoms with Crippen LogP contribution in [-0.2, 0) is 0 Å². The maximum absolute atomic E-state index is 11.1. The van der Waals surface area contributed by atoms with E-state index in [0.717, 1.165) is 5.56 Å². The summed E-state index contributed by atoms with van der Waals surface area (Å²) in [4.78, 5) is 10.6. The molecule has 6 heteroatoms. The summed E-state index contributed by atoms with van der Waals surface area (Å²) in [6.07, 6.45) is 0. The summed E-state index contributed by atoms with van der Waals surface area (Å²) >= 11 is 0.